The van der Waals surface area contributed by atoms with Crippen molar-refractivity contribution in [1.82, 2.24) is 15.1 Å². The maximum Gasteiger partial charge on any atom is 0.225 e. The second-order valence-corrected chi connectivity index (χ2v) is 13.8. The molecule has 3 fully saturated rings. The van der Waals surface area contributed by atoms with Gasteiger partial charge >= 0.3 is 0 Å². The number of alkyl halides is 1. The lowest BCUT2D eigenvalue weighted by molar-refractivity contribution is -0.128. The smallest absolute Gasteiger partial charge is 0.225 e. The number of carbonyl (C=O) groups excluding carboxylic acids is 1. The summed E-state index contributed by atoms with van der Waals surface area (Å²) in [6, 6.07) is 16.1. The minimum Gasteiger partial charge on any atom is -0.368 e. The zero-order valence-corrected chi connectivity index (χ0v) is 23.4. The van der Waals surface area contributed by atoms with Crippen molar-refractivity contribution < 1.29 is 22.7 Å². The second-order valence-electron chi connectivity index (χ2n) is 11.4. The molecule has 0 bridgehead atoms. The second kappa shape index (κ2) is 10.7. The van der Waals surface area contributed by atoms with E-state index in [1.807, 2.05) is 30.5 Å². The molecule has 41 heavy (non-hydrogen) atoms. The lowest BCUT2D eigenvalue weighted by Gasteiger charge is -2.41. The number of nitriles is 1. The number of nitrogens with zero attached hydrogens (tertiary/aromatic N) is 4. The number of carbonyl (C=O) groups is 1. The Balaban J connectivity index is 1.35. The number of hydrogen-bond donors (Lipinski definition) is 3. The van der Waals surface area contributed by atoms with Gasteiger partial charge in [-0.2, -0.15) is 21.0 Å². The highest BCUT2D eigenvalue weighted by atomic mass is 32.3. The maximum absolute atomic E-state index is 14.7. The van der Waals surface area contributed by atoms with Crippen molar-refractivity contribution in [2.45, 2.75) is 49.7 Å². The van der Waals surface area contributed by atoms with Crippen molar-refractivity contribution in [3.05, 3.63) is 66.2 Å². The molecular formula is C30H33F2N5O3S. The fourth-order valence-corrected chi connectivity index (χ4v) is 7.13. The number of halogens is 2. The Morgan fingerprint density at radius 1 is 1.05 bits per heavy atom. The van der Waals surface area contributed by atoms with Crippen molar-refractivity contribution in [3.8, 4) is 22.9 Å². The van der Waals surface area contributed by atoms with Gasteiger partial charge in [-0.15, -0.1) is 0 Å². The molecule has 3 aromatic rings. The average Bonchev–Trinajstić information content (AvgIpc) is 3.60. The first-order chi connectivity index (χ1) is 19.7. The van der Waals surface area contributed by atoms with Gasteiger partial charge in [0, 0.05) is 42.4 Å². The predicted molar refractivity (Wildman–Crippen MR) is 154 cm³/mol. The summed E-state index contributed by atoms with van der Waals surface area (Å²) in [5.41, 5.74) is 3.12. The zero-order chi connectivity index (χ0) is 28.8. The summed E-state index contributed by atoms with van der Waals surface area (Å²) >= 11 is 0. The Hall–Kier alpha value is -3.46. The molecule has 2 aromatic carbocycles. The van der Waals surface area contributed by atoms with Crippen LogP contribution in [-0.4, -0.2) is 61.1 Å². The van der Waals surface area contributed by atoms with E-state index < -0.39 is 28.2 Å². The normalized spacial score (nSPS) is 25.6. The summed E-state index contributed by atoms with van der Waals surface area (Å²) < 4.78 is 49.9. The summed E-state index contributed by atoms with van der Waals surface area (Å²) in [6.45, 7) is 1.12. The van der Waals surface area contributed by atoms with Crippen LogP contribution in [0.15, 0.2) is 54.7 Å². The van der Waals surface area contributed by atoms with E-state index in [9.17, 15) is 27.9 Å². The van der Waals surface area contributed by atoms with Crippen LogP contribution < -0.4 is 10.2 Å². The van der Waals surface area contributed by atoms with E-state index in [0.29, 0.717) is 61.7 Å². The fraction of sp³-hybridized carbons (Fsp3) is 0.433. The van der Waals surface area contributed by atoms with Crippen LogP contribution in [0.2, 0.25) is 0 Å². The van der Waals surface area contributed by atoms with E-state index in [1.54, 1.807) is 16.8 Å². The molecule has 2 saturated carbocycles. The van der Waals surface area contributed by atoms with Crippen molar-refractivity contribution in [2.24, 2.45) is 5.92 Å². The number of amides is 1. The van der Waals surface area contributed by atoms with E-state index in [4.69, 9.17) is 5.10 Å². The van der Waals surface area contributed by atoms with Gasteiger partial charge in [0.05, 0.1) is 29.0 Å². The van der Waals surface area contributed by atoms with Crippen LogP contribution in [-0.2, 0) is 4.79 Å². The molecule has 1 saturated heterocycles. The molecule has 1 aliphatic heterocycles. The molecule has 3 N–H and O–H groups in total. The summed E-state index contributed by atoms with van der Waals surface area (Å²) in [4.78, 5) is 15.5. The van der Waals surface area contributed by atoms with E-state index >= 15 is 0 Å². The van der Waals surface area contributed by atoms with Gasteiger partial charge in [0.2, 0.25) is 5.91 Å². The van der Waals surface area contributed by atoms with E-state index in [-0.39, 0.29) is 24.1 Å². The molecule has 11 heteroatoms. The molecule has 3 aliphatic rings. The lowest BCUT2D eigenvalue weighted by Crippen LogP contribution is -2.44. The van der Waals surface area contributed by atoms with Gasteiger partial charge in [-0.05, 0) is 74.1 Å². The van der Waals surface area contributed by atoms with Crippen LogP contribution >= 0.6 is 10.6 Å². The van der Waals surface area contributed by atoms with Crippen LogP contribution in [0.25, 0.3) is 16.8 Å². The largest absolute Gasteiger partial charge is 0.368 e. The van der Waals surface area contributed by atoms with Crippen molar-refractivity contribution in [1.29, 1.82) is 5.26 Å². The molecule has 1 amide bonds. The molecule has 1 aromatic heterocycles. The molecule has 6 rings (SSSR count). The first kappa shape index (κ1) is 27.7. The Bertz CT molecular complexity index is 1460. The van der Waals surface area contributed by atoms with E-state index in [0.717, 1.165) is 16.8 Å². The van der Waals surface area contributed by atoms with Gasteiger partial charge in [0.25, 0.3) is 0 Å². The molecule has 2 aliphatic carbocycles. The number of nitrogens with one attached hydrogen (secondary N) is 1. The minimum atomic E-state index is -2.50. The van der Waals surface area contributed by atoms with Gasteiger partial charge < -0.3 is 10.2 Å². The Morgan fingerprint density at radius 3 is 2.34 bits per heavy atom. The van der Waals surface area contributed by atoms with Crippen LogP contribution in [0.4, 0.5) is 14.5 Å². The molecule has 2 heterocycles. The SMILES string of the molecule is N#CC1(NC(=O)[C@@H]2C[C@@H](F)CC[C@H]2c2nn(-c3ccc(F)cc3)cc2-c2ccc(N3CCS(O)(O)CC3)cc2)CC1. The molecular weight excluding hydrogens is 548 g/mol. The van der Waals surface area contributed by atoms with Crippen molar-refractivity contribution in [3.63, 3.8) is 0 Å². The zero-order valence-electron chi connectivity index (χ0n) is 22.5. The minimum absolute atomic E-state index is 0.0634. The number of rotatable bonds is 6. The highest BCUT2D eigenvalue weighted by Crippen LogP contribution is 2.45. The third kappa shape index (κ3) is 5.82. The van der Waals surface area contributed by atoms with E-state index in [2.05, 4.69) is 16.3 Å². The first-order valence-corrected chi connectivity index (χ1v) is 15.9. The van der Waals surface area contributed by atoms with Crippen LogP contribution in [0, 0.1) is 23.1 Å². The van der Waals surface area contributed by atoms with Gasteiger partial charge in [0.15, 0.2) is 0 Å². The van der Waals surface area contributed by atoms with E-state index in [1.165, 1.54) is 12.1 Å². The Morgan fingerprint density at radius 2 is 1.71 bits per heavy atom. The summed E-state index contributed by atoms with van der Waals surface area (Å²) in [5, 5.41) is 17.3. The maximum atomic E-state index is 14.7. The van der Waals surface area contributed by atoms with Crippen LogP contribution in [0.3, 0.4) is 0 Å². The lowest BCUT2D eigenvalue weighted by atomic mass is 9.74. The number of benzene rings is 2. The van der Waals surface area contributed by atoms with Gasteiger partial charge in [-0.3, -0.25) is 13.9 Å². The fourth-order valence-electron chi connectivity index (χ4n) is 5.90. The van der Waals surface area contributed by atoms with Gasteiger partial charge in [-0.25, -0.2) is 13.5 Å². The van der Waals surface area contributed by atoms with Gasteiger partial charge in [0.1, 0.15) is 17.5 Å². The Kier molecular flexibility index (Phi) is 7.26. The predicted octanol–water partition coefficient (Wildman–Crippen LogP) is 5.64. The summed E-state index contributed by atoms with van der Waals surface area (Å²) in [5.74, 6) is -1.02. The molecule has 0 spiro atoms. The first-order valence-electron chi connectivity index (χ1n) is 14.0. The third-order valence-corrected chi connectivity index (χ3v) is 10.2. The Labute approximate surface area is 239 Å². The molecule has 3 atom stereocenters. The third-order valence-electron chi connectivity index (χ3n) is 8.55. The topological polar surface area (TPSA) is 114 Å². The highest BCUT2D eigenvalue weighted by molar-refractivity contribution is 8.24. The van der Waals surface area contributed by atoms with Crippen LogP contribution in [0.1, 0.15) is 43.7 Å². The average molecular weight is 582 g/mol. The highest BCUT2D eigenvalue weighted by Gasteiger charge is 2.48. The number of hydrogen-bond acceptors (Lipinski definition) is 6. The number of aromatic nitrogens is 2. The van der Waals surface area contributed by atoms with Crippen LogP contribution in [0.5, 0.6) is 0 Å². The van der Waals surface area contributed by atoms with Crippen molar-refractivity contribution in [2.75, 3.05) is 29.5 Å². The molecule has 0 unspecified atom stereocenters. The molecule has 0 radical (unpaired) electrons. The quantitative estimate of drug-likeness (QED) is 0.347. The standard InChI is InChI=1S/C30H33F2N5O3S/c31-21-3-8-24(9-4-21)37-18-27(20-1-6-23(7-2-20)36-13-15-41(39,40)16-14-36)28(35-37)25-10-5-22(32)17-26(25)29(38)34-30(19-33)11-12-30/h1-4,6-9,18,22,25-26,39-40H,5,10-17H2,(H,34,38)/t22-,25+,26+/m0/s1. The van der Waals surface area contributed by atoms with Gasteiger partial charge in [-0.1, -0.05) is 12.1 Å². The number of anilines is 1. The monoisotopic (exact) mass is 581 g/mol. The summed E-state index contributed by atoms with van der Waals surface area (Å²) in [7, 11) is -2.50. The molecule has 216 valence electrons. The molecule has 8 nitrogen and oxygen atoms in total. The van der Waals surface area contributed by atoms with Crippen molar-refractivity contribution >= 4 is 22.2 Å². The summed E-state index contributed by atoms with van der Waals surface area (Å²) in [6.07, 6.45) is 2.76.